The van der Waals surface area contributed by atoms with Crippen LogP contribution >= 0.6 is 15.9 Å². The molecule has 2 rings (SSSR count). The van der Waals surface area contributed by atoms with Crippen molar-refractivity contribution in [3.05, 3.63) is 35.0 Å². The number of hydrogen-bond donors (Lipinski definition) is 0. The molecule has 25 heavy (non-hydrogen) atoms. The smallest absolute Gasteiger partial charge is 0.432 e. The normalized spacial score (nSPS) is 11.8. The lowest BCUT2D eigenvalue weighted by Gasteiger charge is -2.12. The first-order chi connectivity index (χ1) is 11.7. The second-order valence-electron chi connectivity index (χ2n) is 5.56. The molecular weight excluding hydrogens is 403 g/mol. The fraction of sp³-hybridized carbons (Fsp3) is 0.412. The summed E-state index contributed by atoms with van der Waals surface area (Å²) in [6, 6.07) is 4.90. The highest BCUT2D eigenvalue weighted by atomic mass is 79.9. The Bertz CT molecular complexity index is 812. The minimum Gasteiger partial charge on any atom is -0.466 e. The molecule has 0 N–H and O–H groups in total. The molecule has 0 atom stereocenters. The summed E-state index contributed by atoms with van der Waals surface area (Å²) in [5, 5.41) is 1.02. The molecule has 1 aromatic carbocycles. The summed E-state index contributed by atoms with van der Waals surface area (Å²) in [6.45, 7) is 2.10. The Kier molecular flexibility index (Phi) is 5.92. The Morgan fingerprint density at radius 3 is 2.40 bits per heavy atom. The monoisotopic (exact) mass is 419 g/mol. The Balaban J connectivity index is 2.71. The van der Waals surface area contributed by atoms with Gasteiger partial charge in [-0.15, -0.1) is 0 Å². The van der Waals surface area contributed by atoms with Gasteiger partial charge < -0.3 is 4.74 Å². The van der Waals surface area contributed by atoms with Crippen molar-refractivity contribution >= 4 is 38.7 Å². The Morgan fingerprint density at radius 2 is 1.88 bits per heavy atom. The third-order valence-corrected chi connectivity index (χ3v) is 4.16. The molecule has 0 saturated heterocycles. The Hall–Kier alpha value is -1.83. The van der Waals surface area contributed by atoms with Gasteiger partial charge in [-0.3, -0.25) is 14.2 Å². The molecule has 0 fully saturated rings. The van der Waals surface area contributed by atoms with E-state index in [1.807, 2.05) is 0 Å². The van der Waals surface area contributed by atoms with E-state index in [9.17, 15) is 22.8 Å². The van der Waals surface area contributed by atoms with Gasteiger partial charge >= 0.3 is 12.1 Å². The fourth-order valence-electron chi connectivity index (χ4n) is 2.84. The van der Waals surface area contributed by atoms with Gasteiger partial charge in [0.15, 0.2) is 0 Å². The maximum absolute atomic E-state index is 13.7. The fourth-order valence-corrected chi connectivity index (χ4v) is 3.30. The molecule has 136 valence electrons. The van der Waals surface area contributed by atoms with Crippen molar-refractivity contribution in [1.82, 2.24) is 4.57 Å². The molecule has 0 aliphatic rings. The summed E-state index contributed by atoms with van der Waals surface area (Å²) >= 11 is 3.30. The molecule has 2 aromatic rings. The van der Waals surface area contributed by atoms with E-state index < -0.39 is 23.7 Å². The molecule has 0 radical (unpaired) electrons. The number of halogens is 4. The number of carbonyl (C=O) groups is 2. The first-order valence-electron chi connectivity index (χ1n) is 7.60. The number of nitrogens with zero attached hydrogens (tertiary/aromatic N) is 1. The van der Waals surface area contributed by atoms with Crippen LogP contribution in [0.5, 0.6) is 0 Å². The van der Waals surface area contributed by atoms with Gasteiger partial charge in [0, 0.05) is 31.0 Å². The van der Waals surface area contributed by atoms with E-state index in [-0.39, 0.29) is 24.1 Å². The lowest BCUT2D eigenvalue weighted by Crippen LogP contribution is -2.19. The first kappa shape index (κ1) is 19.5. The average molecular weight is 420 g/mol. The molecule has 1 heterocycles. The van der Waals surface area contributed by atoms with Crippen LogP contribution in [0.3, 0.4) is 0 Å². The van der Waals surface area contributed by atoms with Crippen LogP contribution in [0.25, 0.3) is 10.9 Å². The van der Waals surface area contributed by atoms with Crippen molar-refractivity contribution in [3.63, 3.8) is 0 Å². The van der Waals surface area contributed by atoms with Gasteiger partial charge in [-0.05, 0) is 29.7 Å². The van der Waals surface area contributed by atoms with Crippen LogP contribution in [-0.4, -0.2) is 28.4 Å². The zero-order valence-electron chi connectivity index (χ0n) is 13.7. The third kappa shape index (κ3) is 4.23. The second kappa shape index (κ2) is 7.59. The predicted octanol–water partition coefficient (Wildman–Crippen LogP) is 4.36. The van der Waals surface area contributed by atoms with E-state index >= 15 is 0 Å². The molecule has 8 heteroatoms. The second-order valence-corrected chi connectivity index (χ2v) is 6.35. The zero-order valence-corrected chi connectivity index (χ0v) is 15.3. The van der Waals surface area contributed by atoms with E-state index in [0.717, 1.165) is 12.5 Å². The van der Waals surface area contributed by atoms with Crippen molar-refractivity contribution in [2.24, 2.45) is 0 Å². The molecule has 0 amide bonds. The first-order valence-corrected chi connectivity index (χ1v) is 8.72. The van der Waals surface area contributed by atoms with E-state index in [1.165, 1.54) is 13.0 Å². The van der Waals surface area contributed by atoms with Crippen LogP contribution in [-0.2, 0) is 28.5 Å². The molecule has 0 bridgehead atoms. The average Bonchev–Trinajstić information content (AvgIpc) is 2.81. The maximum Gasteiger partial charge on any atom is 0.432 e. The number of fused-ring (bicyclic) bond motifs is 1. The highest BCUT2D eigenvalue weighted by Crippen LogP contribution is 2.39. The summed E-state index contributed by atoms with van der Waals surface area (Å²) in [5.74, 6) is -1.28. The van der Waals surface area contributed by atoms with E-state index in [0.29, 0.717) is 21.7 Å². The van der Waals surface area contributed by atoms with Crippen molar-refractivity contribution < 1.29 is 27.5 Å². The quantitative estimate of drug-likeness (QED) is 0.534. The van der Waals surface area contributed by atoms with Crippen LogP contribution in [0.1, 0.15) is 35.5 Å². The van der Waals surface area contributed by atoms with Gasteiger partial charge in [-0.1, -0.05) is 22.0 Å². The number of alkyl halides is 4. The van der Waals surface area contributed by atoms with Crippen LogP contribution in [0.2, 0.25) is 0 Å². The topological polar surface area (TPSA) is 48.3 Å². The van der Waals surface area contributed by atoms with E-state index in [1.54, 1.807) is 12.1 Å². The summed E-state index contributed by atoms with van der Waals surface area (Å²) < 4.78 is 46.5. The number of rotatable bonds is 5. The van der Waals surface area contributed by atoms with Gasteiger partial charge in [0.1, 0.15) is 5.69 Å². The van der Waals surface area contributed by atoms with Crippen molar-refractivity contribution in [3.8, 4) is 0 Å². The molecule has 0 aliphatic heterocycles. The minimum atomic E-state index is -4.70. The molecule has 4 nitrogen and oxygen atoms in total. The number of ether oxygens (including phenoxy) is 1. The largest absolute Gasteiger partial charge is 0.466 e. The zero-order chi connectivity index (χ0) is 18.8. The van der Waals surface area contributed by atoms with Crippen LogP contribution in [0, 0.1) is 0 Å². The van der Waals surface area contributed by atoms with Crippen molar-refractivity contribution in [1.29, 1.82) is 0 Å². The number of benzene rings is 1. The van der Waals surface area contributed by atoms with Gasteiger partial charge in [-0.2, -0.15) is 13.2 Å². The van der Waals surface area contributed by atoms with E-state index in [2.05, 4.69) is 15.9 Å². The molecule has 1 aromatic heterocycles. The maximum atomic E-state index is 13.7. The number of hydrogen-bond acceptors (Lipinski definition) is 3. The van der Waals surface area contributed by atoms with Gasteiger partial charge in [0.05, 0.1) is 12.1 Å². The SMILES string of the molecule is CC(=O)OCCc1c(C(F)(F)F)n(C(C)=O)c2ccc(CCBr)cc12. The van der Waals surface area contributed by atoms with Crippen LogP contribution in [0.4, 0.5) is 13.2 Å². The van der Waals surface area contributed by atoms with Gasteiger partial charge in [-0.25, -0.2) is 0 Å². The molecule has 0 saturated carbocycles. The minimum absolute atomic E-state index is 0.0321. The Morgan fingerprint density at radius 1 is 1.20 bits per heavy atom. The van der Waals surface area contributed by atoms with Crippen molar-refractivity contribution in [2.75, 3.05) is 11.9 Å². The standard InChI is InChI=1S/C17H17BrF3NO3/c1-10(23)22-15-4-3-12(5-7-18)9-14(15)13(6-8-25-11(2)24)16(22)17(19,20)21/h3-4,9H,5-8H2,1-2H3. The summed E-state index contributed by atoms with van der Waals surface area (Å²) in [5.41, 5.74) is 0.0250. The van der Waals surface area contributed by atoms with E-state index in [4.69, 9.17) is 4.74 Å². The number of aryl methyl sites for hydroxylation is 1. The molecule has 0 unspecified atom stereocenters. The highest BCUT2D eigenvalue weighted by molar-refractivity contribution is 9.09. The summed E-state index contributed by atoms with van der Waals surface area (Å²) in [6.07, 6.45) is -4.18. The molecule has 0 aliphatic carbocycles. The van der Waals surface area contributed by atoms with Gasteiger partial charge in [0.25, 0.3) is 0 Å². The number of aromatic nitrogens is 1. The Labute approximate surface area is 151 Å². The summed E-state index contributed by atoms with van der Waals surface area (Å²) in [4.78, 5) is 22.8. The number of carbonyl (C=O) groups excluding carboxylic acids is 2. The molecular formula is C17H17BrF3NO3. The van der Waals surface area contributed by atoms with Crippen LogP contribution < -0.4 is 0 Å². The van der Waals surface area contributed by atoms with Gasteiger partial charge in [0.2, 0.25) is 5.91 Å². The highest BCUT2D eigenvalue weighted by Gasteiger charge is 2.40. The summed E-state index contributed by atoms with van der Waals surface area (Å²) in [7, 11) is 0. The lowest BCUT2D eigenvalue weighted by molar-refractivity contribution is -0.143. The van der Waals surface area contributed by atoms with Crippen LogP contribution in [0.15, 0.2) is 18.2 Å². The molecule has 0 spiro atoms. The third-order valence-electron chi connectivity index (χ3n) is 3.76. The number of esters is 1. The van der Waals surface area contributed by atoms with Crippen molar-refractivity contribution in [2.45, 2.75) is 32.9 Å². The predicted molar refractivity (Wildman–Crippen MR) is 91.1 cm³/mol. The lowest BCUT2D eigenvalue weighted by atomic mass is 10.0.